The number of aryl methyl sites for hydroxylation is 2. The van der Waals surface area contributed by atoms with E-state index in [2.05, 4.69) is 21.4 Å². The van der Waals surface area contributed by atoms with Gasteiger partial charge in [-0.1, -0.05) is 29.5 Å². The molecule has 10 heteroatoms. The molecule has 1 aromatic carbocycles. The monoisotopic (exact) mass is 480 g/mol. The lowest BCUT2D eigenvalue weighted by atomic mass is 9.95. The third kappa shape index (κ3) is 4.48. The van der Waals surface area contributed by atoms with Crippen LogP contribution in [0.25, 0.3) is 5.70 Å². The molecule has 1 amide bonds. The van der Waals surface area contributed by atoms with Crippen molar-refractivity contribution < 1.29 is 18.3 Å². The van der Waals surface area contributed by atoms with E-state index in [-0.39, 0.29) is 5.92 Å². The molecular formula is C25H26F2N6O2. The summed E-state index contributed by atoms with van der Waals surface area (Å²) in [6, 6.07) is 6.50. The van der Waals surface area contributed by atoms with Crippen molar-refractivity contribution in [3.05, 3.63) is 77.8 Å². The van der Waals surface area contributed by atoms with Gasteiger partial charge in [0.2, 0.25) is 0 Å². The van der Waals surface area contributed by atoms with Gasteiger partial charge in [0.05, 0.1) is 37.1 Å². The van der Waals surface area contributed by atoms with Crippen LogP contribution in [0.1, 0.15) is 41.8 Å². The Morgan fingerprint density at radius 1 is 1.23 bits per heavy atom. The average Bonchev–Trinajstić information content (AvgIpc) is 3.49. The van der Waals surface area contributed by atoms with Crippen LogP contribution in [0.3, 0.4) is 0 Å². The van der Waals surface area contributed by atoms with E-state index >= 15 is 0 Å². The van der Waals surface area contributed by atoms with Crippen LogP contribution in [0.2, 0.25) is 0 Å². The zero-order valence-corrected chi connectivity index (χ0v) is 19.5. The van der Waals surface area contributed by atoms with E-state index in [9.17, 15) is 13.6 Å². The second-order valence-electron chi connectivity index (χ2n) is 8.74. The largest absolute Gasteiger partial charge is 0.495 e. The number of carbonyl (C=O) groups is 1. The Morgan fingerprint density at radius 3 is 2.80 bits per heavy atom. The molecule has 0 N–H and O–H groups in total. The number of hydrogen-bond acceptors (Lipinski definition) is 5. The number of halogens is 2. The van der Waals surface area contributed by atoms with Gasteiger partial charge >= 0.3 is 0 Å². The van der Waals surface area contributed by atoms with Gasteiger partial charge in [-0.05, 0) is 43.9 Å². The van der Waals surface area contributed by atoms with Crippen molar-refractivity contribution in [1.29, 1.82) is 0 Å². The van der Waals surface area contributed by atoms with Crippen molar-refractivity contribution in [3.8, 4) is 0 Å². The molecule has 35 heavy (non-hydrogen) atoms. The fraction of sp³-hybridized carbons (Fsp3) is 0.360. The van der Waals surface area contributed by atoms with Crippen molar-refractivity contribution >= 4 is 17.3 Å². The highest BCUT2D eigenvalue weighted by molar-refractivity contribution is 5.97. The molecule has 1 aliphatic carbocycles. The molecule has 2 unspecified atom stereocenters. The number of para-hydroxylation sites is 1. The van der Waals surface area contributed by atoms with E-state index < -0.39 is 24.9 Å². The van der Waals surface area contributed by atoms with Gasteiger partial charge in [-0.15, -0.1) is 5.10 Å². The number of alkyl halides is 2. The summed E-state index contributed by atoms with van der Waals surface area (Å²) >= 11 is 0. The number of methoxy groups -OCH3 is 1. The van der Waals surface area contributed by atoms with Crippen LogP contribution in [0.5, 0.6) is 0 Å². The van der Waals surface area contributed by atoms with E-state index in [1.807, 2.05) is 35.9 Å². The minimum Gasteiger partial charge on any atom is -0.495 e. The maximum Gasteiger partial charge on any atom is 0.256 e. The molecule has 8 nitrogen and oxygen atoms in total. The fourth-order valence-electron chi connectivity index (χ4n) is 4.72. The average molecular weight is 481 g/mol. The van der Waals surface area contributed by atoms with Crippen LogP contribution in [-0.2, 0) is 16.0 Å². The number of anilines is 1. The van der Waals surface area contributed by atoms with Crippen LogP contribution < -0.4 is 4.90 Å². The zero-order valence-electron chi connectivity index (χ0n) is 19.5. The predicted molar refractivity (Wildman–Crippen MR) is 126 cm³/mol. The highest BCUT2D eigenvalue weighted by Crippen LogP contribution is 2.34. The molecule has 2 atom stereocenters. The zero-order chi connectivity index (χ0) is 24.5. The SMILES string of the molecule is COC1=CC(c2cn(C3CCc4ccccc4N(CC(F)F)C3=O)nn2)CC=C1n1cnc(C)c1. The van der Waals surface area contributed by atoms with Gasteiger partial charge in [0.1, 0.15) is 11.8 Å². The lowest BCUT2D eigenvalue weighted by Gasteiger charge is -2.25. The van der Waals surface area contributed by atoms with Gasteiger partial charge in [0.15, 0.2) is 0 Å². The number of nitrogens with zero attached hydrogens (tertiary/aromatic N) is 6. The smallest absolute Gasteiger partial charge is 0.256 e. The molecule has 0 bridgehead atoms. The highest BCUT2D eigenvalue weighted by Gasteiger charge is 2.34. The molecule has 2 aromatic heterocycles. The van der Waals surface area contributed by atoms with Crippen molar-refractivity contribution in [2.24, 2.45) is 0 Å². The first-order valence-electron chi connectivity index (χ1n) is 11.5. The predicted octanol–water partition coefficient (Wildman–Crippen LogP) is 4.13. The summed E-state index contributed by atoms with van der Waals surface area (Å²) in [5.41, 5.74) is 3.90. The lowest BCUT2D eigenvalue weighted by molar-refractivity contribution is -0.122. The van der Waals surface area contributed by atoms with E-state index in [4.69, 9.17) is 4.74 Å². The number of imidazole rings is 1. The number of fused-ring (bicyclic) bond motifs is 1. The Balaban J connectivity index is 1.40. The molecule has 0 fully saturated rings. The Morgan fingerprint density at radius 2 is 2.06 bits per heavy atom. The maximum atomic E-state index is 13.4. The van der Waals surface area contributed by atoms with Crippen molar-refractivity contribution in [1.82, 2.24) is 24.5 Å². The Bertz CT molecular complexity index is 1290. The molecule has 0 saturated carbocycles. The molecular weight excluding hydrogens is 454 g/mol. The first kappa shape index (κ1) is 22.9. The fourth-order valence-corrected chi connectivity index (χ4v) is 4.72. The minimum atomic E-state index is -2.64. The molecule has 3 heterocycles. The third-order valence-corrected chi connectivity index (χ3v) is 6.45. The molecule has 3 aromatic rings. The standard InChI is InChI=1S/C25H26F2N6O2/c1-16-12-31(15-28-16)21-9-8-18(11-23(21)35-2)19-13-33(30-29-19)22-10-7-17-5-3-4-6-20(17)32(25(22)34)14-24(26)27/h3-6,9,11-13,15,18,22,24H,7-8,10,14H2,1-2H3. The van der Waals surface area contributed by atoms with Gasteiger partial charge in [-0.3, -0.25) is 4.79 Å². The molecule has 5 rings (SSSR count). The number of rotatable bonds is 6. The van der Waals surface area contributed by atoms with E-state index in [1.165, 1.54) is 9.58 Å². The van der Waals surface area contributed by atoms with Crippen LogP contribution in [0.15, 0.2) is 60.9 Å². The molecule has 0 spiro atoms. The first-order valence-corrected chi connectivity index (χ1v) is 11.5. The van der Waals surface area contributed by atoms with Crippen LogP contribution in [0.4, 0.5) is 14.5 Å². The van der Waals surface area contributed by atoms with Gasteiger partial charge in [-0.25, -0.2) is 18.4 Å². The summed E-state index contributed by atoms with van der Waals surface area (Å²) in [5.74, 6) is 0.195. The molecule has 182 valence electrons. The Hall–Kier alpha value is -3.82. The number of ether oxygens (including phenoxy) is 1. The summed E-state index contributed by atoms with van der Waals surface area (Å²) in [7, 11) is 1.61. The molecule has 1 aliphatic heterocycles. The summed E-state index contributed by atoms with van der Waals surface area (Å²) < 4.78 is 35.8. The first-order chi connectivity index (χ1) is 16.9. The van der Waals surface area contributed by atoms with Gasteiger partial charge in [0, 0.05) is 24.0 Å². The summed E-state index contributed by atoms with van der Waals surface area (Å²) in [6.07, 6.45) is 8.50. The summed E-state index contributed by atoms with van der Waals surface area (Å²) in [6.45, 7) is 1.27. The second kappa shape index (κ2) is 9.44. The van der Waals surface area contributed by atoms with E-state index in [0.29, 0.717) is 36.4 Å². The van der Waals surface area contributed by atoms with Crippen LogP contribution in [-0.4, -0.2) is 50.5 Å². The third-order valence-electron chi connectivity index (χ3n) is 6.45. The number of allylic oxidation sites excluding steroid dienone is 3. The highest BCUT2D eigenvalue weighted by atomic mass is 19.3. The number of aromatic nitrogens is 5. The van der Waals surface area contributed by atoms with E-state index in [0.717, 1.165) is 17.0 Å². The summed E-state index contributed by atoms with van der Waals surface area (Å²) in [4.78, 5) is 18.8. The number of hydrogen-bond donors (Lipinski definition) is 0. The Kier molecular flexibility index (Phi) is 6.19. The van der Waals surface area contributed by atoms with Crippen molar-refractivity contribution in [2.75, 3.05) is 18.6 Å². The maximum absolute atomic E-state index is 13.4. The normalized spacial score (nSPS) is 20.4. The van der Waals surface area contributed by atoms with Crippen LogP contribution >= 0.6 is 0 Å². The number of benzene rings is 1. The van der Waals surface area contributed by atoms with Gasteiger partial charge < -0.3 is 14.2 Å². The second-order valence-corrected chi connectivity index (χ2v) is 8.74. The van der Waals surface area contributed by atoms with Crippen molar-refractivity contribution in [3.63, 3.8) is 0 Å². The van der Waals surface area contributed by atoms with Gasteiger partial charge in [-0.2, -0.15) is 0 Å². The number of amides is 1. The quantitative estimate of drug-likeness (QED) is 0.530. The van der Waals surface area contributed by atoms with Crippen molar-refractivity contribution in [2.45, 2.75) is 44.6 Å². The van der Waals surface area contributed by atoms with Gasteiger partial charge in [0.25, 0.3) is 12.3 Å². The topological polar surface area (TPSA) is 78.1 Å². The van der Waals surface area contributed by atoms with Crippen LogP contribution in [0, 0.1) is 6.92 Å². The minimum absolute atomic E-state index is 0.0951. The molecule has 0 saturated heterocycles. The molecule has 0 radical (unpaired) electrons. The number of carbonyl (C=O) groups excluding carboxylic acids is 1. The molecule has 2 aliphatic rings. The van der Waals surface area contributed by atoms with E-state index in [1.54, 1.807) is 31.8 Å². The summed E-state index contributed by atoms with van der Waals surface area (Å²) in [5, 5.41) is 8.57. The lowest BCUT2D eigenvalue weighted by Crippen LogP contribution is -2.39. The Labute approximate surface area is 201 Å².